The number of amides is 6. The van der Waals surface area contributed by atoms with Gasteiger partial charge in [0.25, 0.3) is 0 Å². The number of Topliss-reactive ketones (excluding diaryl/α,β-unsaturated/α-hetero) is 1. The van der Waals surface area contributed by atoms with E-state index in [9.17, 15) is 38.7 Å². The molecule has 6 atom stereocenters. The van der Waals surface area contributed by atoms with Crippen molar-refractivity contribution in [1.82, 2.24) is 31.5 Å². The average molecular weight is 697 g/mol. The van der Waals surface area contributed by atoms with Gasteiger partial charge in [-0.2, -0.15) is 0 Å². The molecule has 0 spiro atoms. The quantitative estimate of drug-likeness (QED) is 0.243. The molecular weight excluding hydrogens is 644 g/mol. The number of benzene rings is 1. The fraction of sp³-hybridized carbons (Fsp3) is 0.639. The Kier molecular flexibility index (Phi) is 13.0. The van der Waals surface area contributed by atoms with Gasteiger partial charge in [-0.05, 0) is 80.0 Å². The Bertz CT molecular complexity index is 1480. The normalized spacial score (nSPS) is 27.1. The largest absolute Gasteiger partial charge is 0.508 e. The minimum Gasteiger partial charge on any atom is -0.508 e. The molecule has 2 fully saturated rings. The van der Waals surface area contributed by atoms with Crippen LogP contribution in [0.3, 0.4) is 0 Å². The second kappa shape index (κ2) is 16.9. The first-order chi connectivity index (χ1) is 23.7. The number of hydrogen-bond donors (Lipinski definition) is 6. The first-order valence-electron chi connectivity index (χ1n) is 17.8. The molecular formula is C36H52N6O8. The monoisotopic (exact) mass is 696 g/mol. The summed E-state index contributed by atoms with van der Waals surface area (Å²) in [4.78, 5) is 95.5. The molecule has 3 aliphatic rings. The van der Waals surface area contributed by atoms with E-state index in [2.05, 4.69) is 26.6 Å². The van der Waals surface area contributed by atoms with Crippen LogP contribution in [0.15, 0.2) is 18.2 Å². The first kappa shape index (κ1) is 38.3. The van der Waals surface area contributed by atoms with Crippen LogP contribution in [0.5, 0.6) is 5.75 Å². The summed E-state index contributed by atoms with van der Waals surface area (Å²) in [5.41, 5.74) is 0.590. The highest BCUT2D eigenvalue weighted by Crippen LogP contribution is 2.28. The Morgan fingerprint density at radius 2 is 1.58 bits per heavy atom. The van der Waals surface area contributed by atoms with E-state index in [0.717, 1.165) is 0 Å². The smallest absolute Gasteiger partial charge is 0.246 e. The fourth-order valence-corrected chi connectivity index (χ4v) is 6.97. The number of hydrogen-bond acceptors (Lipinski definition) is 8. The van der Waals surface area contributed by atoms with E-state index in [1.54, 1.807) is 0 Å². The molecule has 6 amide bonds. The highest BCUT2D eigenvalue weighted by Gasteiger charge is 2.42. The number of fused-ring (bicyclic) bond motifs is 3. The van der Waals surface area contributed by atoms with Crippen LogP contribution in [0, 0.1) is 17.8 Å². The lowest BCUT2D eigenvalue weighted by Crippen LogP contribution is -2.60. The number of phenolic OH excluding ortho intramolecular Hbond substituents is 1. The number of carbonyl (C=O) groups is 7. The molecule has 0 radical (unpaired) electrons. The minimum absolute atomic E-state index is 0.00337. The lowest BCUT2D eigenvalue weighted by Gasteiger charge is -2.34. The molecule has 6 N–H and O–H groups in total. The van der Waals surface area contributed by atoms with Crippen LogP contribution in [0.1, 0.15) is 95.5 Å². The molecule has 2 saturated heterocycles. The van der Waals surface area contributed by atoms with Crippen molar-refractivity contribution in [1.29, 1.82) is 0 Å². The molecule has 2 bridgehead atoms. The predicted molar refractivity (Wildman–Crippen MR) is 184 cm³/mol. The number of rotatable bonds is 7. The van der Waals surface area contributed by atoms with Gasteiger partial charge in [0.2, 0.25) is 35.4 Å². The molecule has 0 aliphatic carbocycles. The summed E-state index contributed by atoms with van der Waals surface area (Å²) in [6.07, 6.45) is 2.35. The second-order valence-electron chi connectivity index (χ2n) is 14.6. The number of aromatic hydroxyl groups is 1. The van der Waals surface area contributed by atoms with Crippen LogP contribution in [0.4, 0.5) is 0 Å². The van der Waals surface area contributed by atoms with Crippen LogP contribution < -0.4 is 26.6 Å². The number of carbonyl (C=O) groups excluding carboxylic acids is 7. The number of nitrogens with zero attached hydrogens (tertiary/aromatic N) is 1. The standard InChI is InChI=1S/C36H52N6O8/c1-6-21-16-23-17-22(9-11-28(23)43)29(44)18-37-32(46)25(14-19(2)3)39-34(48)26(15-20(4)5)40-35(49)27-8-7-13-42(27)36(50)31(21)41-33(47)24-10-12-30(45)38-24/h9,11,17,19-21,24-27,31,43H,6-8,10,12-16,18H2,1-5H3,(H,37,46)(H,38,45)(H,39,48)(H,40,49)(H,41,47)/t21?,24-,25-,26-,27-,31-/m0/s1. The van der Waals surface area contributed by atoms with Crippen molar-refractivity contribution in [2.24, 2.45) is 17.8 Å². The third-order valence-electron chi connectivity index (χ3n) is 9.70. The summed E-state index contributed by atoms with van der Waals surface area (Å²) in [6.45, 7) is 9.33. The van der Waals surface area contributed by atoms with Crippen LogP contribution in [0.25, 0.3) is 0 Å². The molecule has 1 aromatic rings. The van der Waals surface area contributed by atoms with Gasteiger partial charge >= 0.3 is 0 Å². The Hall–Kier alpha value is -4.49. The zero-order valence-electron chi connectivity index (χ0n) is 29.7. The first-order valence-corrected chi connectivity index (χ1v) is 17.8. The molecule has 0 aromatic heterocycles. The third-order valence-corrected chi connectivity index (χ3v) is 9.70. The van der Waals surface area contributed by atoms with Crippen LogP contribution in [-0.4, -0.2) is 94.5 Å². The van der Waals surface area contributed by atoms with Crippen molar-refractivity contribution in [3.05, 3.63) is 29.3 Å². The topological polar surface area (TPSA) is 203 Å². The highest BCUT2D eigenvalue weighted by atomic mass is 16.3. The van der Waals surface area contributed by atoms with E-state index < -0.39 is 71.4 Å². The molecule has 4 rings (SSSR count). The van der Waals surface area contributed by atoms with Gasteiger partial charge in [-0.15, -0.1) is 0 Å². The van der Waals surface area contributed by atoms with E-state index in [1.165, 1.54) is 23.1 Å². The van der Waals surface area contributed by atoms with Gasteiger partial charge < -0.3 is 36.6 Å². The van der Waals surface area contributed by atoms with Crippen LogP contribution in [-0.2, 0) is 35.2 Å². The van der Waals surface area contributed by atoms with Crippen LogP contribution >= 0.6 is 0 Å². The van der Waals surface area contributed by atoms with Gasteiger partial charge in [-0.1, -0.05) is 41.0 Å². The van der Waals surface area contributed by atoms with Gasteiger partial charge in [-0.3, -0.25) is 33.6 Å². The van der Waals surface area contributed by atoms with Gasteiger partial charge in [0.05, 0.1) is 6.54 Å². The summed E-state index contributed by atoms with van der Waals surface area (Å²) in [5, 5.41) is 24.6. The molecule has 14 nitrogen and oxygen atoms in total. The molecule has 1 unspecified atom stereocenters. The maximum atomic E-state index is 14.5. The Balaban J connectivity index is 1.75. The van der Waals surface area contributed by atoms with E-state index in [0.29, 0.717) is 31.2 Å². The van der Waals surface area contributed by atoms with E-state index in [1.807, 2.05) is 34.6 Å². The van der Waals surface area contributed by atoms with Crippen LogP contribution in [0.2, 0.25) is 0 Å². The molecule has 14 heteroatoms. The Morgan fingerprint density at radius 3 is 2.20 bits per heavy atom. The molecule has 50 heavy (non-hydrogen) atoms. The number of phenols is 1. The predicted octanol–water partition coefficient (Wildman–Crippen LogP) is 1.09. The van der Waals surface area contributed by atoms with Crippen molar-refractivity contribution in [3.8, 4) is 5.75 Å². The van der Waals surface area contributed by atoms with Gasteiger partial charge in [0.15, 0.2) is 5.78 Å². The van der Waals surface area contributed by atoms with E-state index in [4.69, 9.17) is 0 Å². The zero-order valence-corrected chi connectivity index (χ0v) is 29.7. The Labute approximate surface area is 293 Å². The average Bonchev–Trinajstić information content (AvgIpc) is 3.73. The van der Waals surface area contributed by atoms with Gasteiger partial charge in [0.1, 0.15) is 36.0 Å². The minimum atomic E-state index is -1.13. The summed E-state index contributed by atoms with van der Waals surface area (Å²) in [5.74, 6) is -3.99. The highest BCUT2D eigenvalue weighted by molar-refractivity contribution is 6.01. The second-order valence-corrected chi connectivity index (χ2v) is 14.6. The van der Waals surface area contributed by atoms with Gasteiger partial charge in [-0.25, -0.2) is 0 Å². The number of nitrogens with one attached hydrogen (secondary N) is 5. The van der Waals surface area contributed by atoms with Gasteiger partial charge in [0, 0.05) is 18.5 Å². The summed E-state index contributed by atoms with van der Waals surface area (Å²) < 4.78 is 0. The molecule has 3 aliphatic heterocycles. The summed E-state index contributed by atoms with van der Waals surface area (Å²) in [7, 11) is 0. The lowest BCUT2D eigenvalue weighted by molar-refractivity contribution is -0.143. The summed E-state index contributed by atoms with van der Waals surface area (Å²) >= 11 is 0. The molecule has 0 saturated carbocycles. The Morgan fingerprint density at radius 1 is 0.920 bits per heavy atom. The third kappa shape index (κ3) is 9.60. The molecule has 274 valence electrons. The fourth-order valence-electron chi connectivity index (χ4n) is 6.97. The van der Waals surface area contributed by atoms with Crippen molar-refractivity contribution in [3.63, 3.8) is 0 Å². The molecule has 1 aromatic carbocycles. The summed E-state index contributed by atoms with van der Waals surface area (Å²) in [6, 6.07) is -0.507. The van der Waals surface area contributed by atoms with E-state index in [-0.39, 0.29) is 67.8 Å². The van der Waals surface area contributed by atoms with Crippen molar-refractivity contribution < 1.29 is 38.7 Å². The van der Waals surface area contributed by atoms with Crippen molar-refractivity contribution >= 4 is 41.2 Å². The number of ketones is 1. The molecule has 3 heterocycles. The van der Waals surface area contributed by atoms with Crippen molar-refractivity contribution in [2.45, 2.75) is 116 Å². The maximum absolute atomic E-state index is 14.5. The maximum Gasteiger partial charge on any atom is 0.246 e. The zero-order chi connectivity index (χ0) is 36.7. The lowest BCUT2D eigenvalue weighted by atomic mass is 9.87. The van der Waals surface area contributed by atoms with Crippen molar-refractivity contribution in [2.75, 3.05) is 13.1 Å². The van der Waals surface area contributed by atoms with E-state index >= 15 is 0 Å². The SMILES string of the molecule is CCC1Cc2cc(ccc2O)C(=O)CNC(=O)[C@H](CC(C)C)NC(=O)[C@H](CC(C)C)NC(=O)[C@@H]2CCCN2C(=O)[C@H]1NC(=O)[C@@H]1CCC(=O)N1.